The van der Waals surface area contributed by atoms with Gasteiger partial charge in [0.2, 0.25) is 5.89 Å². The second kappa shape index (κ2) is 6.03. The van der Waals surface area contributed by atoms with Crippen molar-refractivity contribution in [1.82, 2.24) is 10.1 Å². The number of rotatable bonds is 5. The van der Waals surface area contributed by atoms with Gasteiger partial charge in [-0.2, -0.15) is 18.2 Å². The summed E-state index contributed by atoms with van der Waals surface area (Å²) in [7, 11) is 0. The lowest BCUT2D eigenvalue weighted by Gasteiger charge is -2.34. The van der Waals surface area contributed by atoms with Crippen LogP contribution in [0.3, 0.4) is 0 Å². The SMILES string of the molecule is O=C(O)CC1(Cc2nc(CC(F)(F)F)no2)CCCCC1. The molecule has 1 aromatic rings. The van der Waals surface area contributed by atoms with E-state index in [4.69, 9.17) is 9.63 Å². The molecule has 0 radical (unpaired) electrons. The molecule has 1 aliphatic carbocycles. The van der Waals surface area contributed by atoms with Crippen LogP contribution in [0.2, 0.25) is 0 Å². The van der Waals surface area contributed by atoms with Crippen LogP contribution < -0.4 is 0 Å². The lowest BCUT2D eigenvalue weighted by atomic mass is 9.69. The van der Waals surface area contributed by atoms with E-state index in [0.717, 1.165) is 32.1 Å². The summed E-state index contributed by atoms with van der Waals surface area (Å²) in [6.07, 6.45) is -1.11. The van der Waals surface area contributed by atoms with Crippen LogP contribution in [0.4, 0.5) is 13.2 Å². The Morgan fingerprint density at radius 2 is 1.95 bits per heavy atom. The Labute approximate surface area is 119 Å². The minimum atomic E-state index is -4.38. The van der Waals surface area contributed by atoms with E-state index in [0.29, 0.717) is 0 Å². The fraction of sp³-hybridized carbons (Fsp3) is 0.769. The average Bonchev–Trinajstić information content (AvgIpc) is 2.73. The van der Waals surface area contributed by atoms with Gasteiger partial charge < -0.3 is 9.63 Å². The van der Waals surface area contributed by atoms with Crippen molar-refractivity contribution in [3.8, 4) is 0 Å². The van der Waals surface area contributed by atoms with Crippen molar-refractivity contribution in [1.29, 1.82) is 0 Å². The van der Waals surface area contributed by atoms with Crippen LogP contribution in [0.5, 0.6) is 0 Å². The van der Waals surface area contributed by atoms with E-state index in [1.165, 1.54) is 0 Å². The van der Waals surface area contributed by atoms with E-state index in [1.807, 2.05) is 0 Å². The first-order valence-corrected chi connectivity index (χ1v) is 6.88. The fourth-order valence-corrected chi connectivity index (χ4v) is 2.97. The summed E-state index contributed by atoms with van der Waals surface area (Å²) in [6.45, 7) is 0. The number of carbonyl (C=O) groups is 1. The third-order valence-corrected chi connectivity index (χ3v) is 3.84. The van der Waals surface area contributed by atoms with Crippen LogP contribution in [-0.4, -0.2) is 27.4 Å². The fourth-order valence-electron chi connectivity index (χ4n) is 2.97. The Bertz CT molecular complexity index is 493. The number of aromatic nitrogens is 2. The average molecular weight is 306 g/mol. The van der Waals surface area contributed by atoms with Gasteiger partial charge in [-0.1, -0.05) is 24.4 Å². The second-order valence-electron chi connectivity index (χ2n) is 5.70. The van der Waals surface area contributed by atoms with Gasteiger partial charge in [0, 0.05) is 6.42 Å². The first-order chi connectivity index (χ1) is 9.78. The minimum absolute atomic E-state index is 0.0238. The van der Waals surface area contributed by atoms with Crippen LogP contribution in [0, 0.1) is 5.41 Å². The highest BCUT2D eigenvalue weighted by Crippen LogP contribution is 2.42. The Kier molecular flexibility index (Phi) is 4.53. The largest absolute Gasteiger partial charge is 0.481 e. The van der Waals surface area contributed by atoms with Gasteiger partial charge in [-0.05, 0) is 18.3 Å². The van der Waals surface area contributed by atoms with Gasteiger partial charge in [-0.3, -0.25) is 4.79 Å². The van der Waals surface area contributed by atoms with E-state index >= 15 is 0 Å². The number of nitrogens with zero attached hydrogens (tertiary/aromatic N) is 2. The summed E-state index contributed by atoms with van der Waals surface area (Å²) < 4.78 is 41.6. The van der Waals surface area contributed by atoms with Crippen LogP contribution in [0.1, 0.15) is 50.2 Å². The van der Waals surface area contributed by atoms with E-state index in [1.54, 1.807) is 0 Å². The summed E-state index contributed by atoms with van der Waals surface area (Å²) in [5.41, 5.74) is -0.480. The van der Waals surface area contributed by atoms with E-state index in [9.17, 15) is 18.0 Å². The summed E-state index contributed by atoms with van der Waals surface area (Å²) in [4.78, 5) is 14.8. The number of alkyl halides is 3. The summed E-state index contributed by atoms with van der Waals surface area (Å²) in [6, 6.07) is 0. The first kappa shape index (κ1) is 15.8. The van der Waals surface area contributed by atoms with Crippen molar-refractivity contribution in [3.05, 3.63) is 11.7 Å². The molecule has 118 valence electrons. The maximum atomic E-state index is 12.3. The molecular formula is C13H17F3N2O3. The van der Waals surface area contributed by atoms with Crippen LogP contribution in [0.25, 0.3) is 0 Å². The zero-order valence-corrected chi connectivity index (χ0v) is 11.4. The van der Waals surface area contributed by atoms with Crippen LogP contribution in [0.15, 0.2) is 4.52 Å². The molecule has 1 N–H and O–H groups in total. The predicted octanol–water partition coefficient (Wildman–Crippen LogP) is 3.14. The van der Waals surface area contributed by atoms with E-state index in [-0.39, 0.29) is 18.7 Å². The Morgan fingerprint density at radius 3 is 2.52 bits per heavy atom. The standard InChI is InChI=1S/C13H17F3N2O3/c14-13(15,16)6-9-17-10(21-18-9)7-12(8-11(19)20)4-2-1-3-5-12/h1-8H2,(H,19,20). The molecule has 0 saturated heterocycles. The molecule has 0 amide bonds. The van der Waals surface area contributed by atoms with Gasteiger partial charge in [0.1, 0.15) is 6.42 Å². The molecule has 0 atom stereocenters. The van der Waals surface area contributed by atoms with Gasteiger partial charge in [-0.15, -0.1) is 0 Å². The number of carboxylic acid groups (broad SMARTS) is 1. The van der Waals surface area contributed by atoms with Gasteiger partial charge in [0.25, 0.3) is 0 Å². The highest BCUT2D eigenvalue weighted by atomic mass is 19.4. The lowest BCUT2D eigenvalue weighted by molar-refractivity contribution is -0.140. The molecule has 1 aromatic heterocycles. The van der Waals surface area contributed by atoms with Crippen molar-refractivity contribution in [2.24, 2.45) is 5.41 Å². The molecule has 1 fully saturated rings. The lowest BCUT2D eigenvalue weighted by Crippen LogP contribution is -2.30. The van der Waals surface area contributed by atoms with E-state index in [2.05, 4.69) is 10.1 Å². The highest BCUT2D eigenvalue weighted by molar-refractivity contribution is 5.67. The molecule has 0 spiro atoms. The zero-order chi connectivity index (χ0) is 15.5. The van der Waals surface area contributed by atoms with Gasteiger partial charge >= 0.3 is 12.1 Å². The first-order valence-electron chi connectivity index (χ1n) is 6.88. The maximum Gasteiger partial charge on any atom is 0.396 e. The molecule has 1 saturated carbocycles. The molecular weight excluding hydrogens is 289 g/mol. The number of halogens is 3. The molecule has 0 aromatic carbocycles. The van der Waals surface area contributed by atoms with Crippen LogP contribution >= 0.6 is 0 Å². The highest BCUT2D eigenvalue weighted by Gasteiger charge is 2.37. The third kappa shape index (κ3) is 4.71. The summed E-state index contributed by atoms with van der Waals surface area (Å²) in [5.74, 6) is -1.22. The summed E-state index contributed by atoms with van der Waals surface area (Å²) >= 11 is 0. The number of hydrogen-bond donors (Lipinski definition) is 1. The Hall–Kier alpha value is -1.60. The zero-order valence-electron chi connectivity index (χ0n) is 11.4. The van der Waals surface area contributed by atoms with Gasteiger partial charge in [0.05, 0.1) is 6.42 Å². The second-order valence-corrected chi connectivity index (χ2v) is 5.70. The molecule has 21 heavy (non-hydrogen) atoms. The van der Waals surface area contributed by atoms with Gasteiger partial charge in [0.15, 0.2) is 5.82 Å². The smallest absolute Gasteiger partial charge is 0.396 e. The minimum Gasteiger partial charge on any atom is -0.481 e. The molecule has 8 heteroatoms. The van der Waals surface area contributed by atoms with Crippen molar-refractivity contribution in [2.75, 3.05) is 0 Å². The quantitative estimate of drug-likeness (QED) is 0.904. The van der Waals surface area contributed by atoms with Crippen molar-refractivity contribution in [3.63, 3.8) is 0 Å². The molecule has 0 unspecified atom stereocenters. The normalized spacial score (nSPS) is 18.6. The van der Waals surface area contributed by atoms with Crippen molar-refractivity contribution < 1.29 is 27.6 Å². The van der Waals surface area contributed by atoms with Crippen LogP contribution in [-0.2, 0) is 17.6 Å². The Balaban J connectivity index is 2.08. The van der Waals surface area contributed by atoms with Crippen molar-refractivity contribution in [2.45, 2.75) is 57.5 Å². The van der Waals surface area contributed by atoms with Gasteiger partial charge in [-0.25, -0.2) is 0 Å². The number of hydrogen-bond acceptors (Lipinski definition) is 4. The number of carboxylic acids is 1. The molecule has 0 bridgehead atoms. The topological polar surface area (TPSA) is 76.2 Å². The van der Waals surface area contributed by atoms with Crippen molar-refractivity contribution >= 4 is 5.97 Å². The number of aliphatic carboxylic acids is 1. The third-order valence-electron chi connectivity index (χ3n) is 3.84. The Morgan fingerprint density at radius 1 is 1.29 bits per heavy atom. The molecule has 0 aliphatic heterocycles. The monoisotopic (exact) mass is 306 g/mol. The summed E-state index contributed by atoms with van der Waals surface area (Å²) in [5, 5.41) is 12.4. The molecule has 1 aliphatic rings. The van der Waals surface area contributed by atoms with E-state index < -0.39 is 29.8 Å². The molecule has 2 rings (SSSR count). The molecule has 1 heterocycles. The maximum absolute atomic E-state index is 12.3. The molecule has 5 nitrogen and oxygen atoms in total. The predicted molar refractivity (Wildman–Crippen MR) is 65.5 cm³/mol.